The average molecular weight is 850 g/mol. The number of nitrogens with zero attached hydrogens (tertiary/aromatic N) is 5. The molecule has 3 aromatic rings. The number of hydrogen-bond acceptors (Lipinski definition) is 9. The fourth-order valence-electron chi connectivity index (χ4n) is 8.85. The van der Waals surface area contributed by atoms with E-state index in [0.717, 1.165) is 66.3 Å². The maximum Gasteiger partial charge on any atom is 0.418 e. The quantitative estimate of drug-likeness (QED) is 0.217. The van der Waals surface area contributed by atoms with Crippen LogP contribution in [0.15, 0.2) is 76.2 Å². The molecule has 3 saturated heterocycles. The van der Waals surface area contributed by atoms with E-state index in [1.807, 2.05) is 36.4 Å². The van der Waals surface area contributed by atoms with E-state index in [-0.39, 0.29) is 47.6 Å². The van der Waals surface area contributed by atoms with Gasteiger partial charge in [0.25, 0.3) is 5.56 Å². The molecule has 0 bridgehead atoms. The topological polar surface area (TPSA) is 129 Å². The minimum atomic E-state index is -4.62. The van der Waals surface area contributed by atoms with Gasteiger partial charge in [0.1, 0.15) is 11.8 Å². The number of fused-ring (bicyclic) bond motifs is 1. The summed E-state index contributed by atoms with van der Waals surface area (Å²) in [5.74, 6) is -0.0898. The van der Waals surface area contributed by atoms with Crippen LogP contribution in [-0.2, 0) is 32.3 Å². The number of piperidine rings is 2. The van der Waals surface area contributed by atoms with E-state index in [4.69, 9.17) is 16.3 Å². The van der Waals surface area contributed by atoms with Gasteiger partial charge in [0.15, 0.2) is 0 Å². The van der Waals surface area contributed by atoms with Gasteiger partial charge in [-0.3, -0.25) is 34.4 Å². The molecule has 320 valence electrons. The summed E-state index contributed by atoms with van der Waals surface area (Å²) in [6.45, 7) is 3.03. The van der Waals surface area contributed by atoms with Gasteiger partial charge in [-0.15, -0.1) is 0 Å². The molecule has 12 nitrogen and oxygen atoms in total. The second-order valence-corrected chi connectivity index (χ2v) is 16.7. The van der Waals surface area contributed by atoms with Gasteiger partial charge < -0.3 is 24.4 Å². The molecule has 7 rings (SSSR count). The highest BCUT2D eigenvalue weighted by Crippen LogP contribution is 2.40. The number of anilines is 2. The molecule has 3 aliphatic heterocycles. The van der Waals surface area contributed by atoms with Gasteiger partial charge in [-0.25, -0.2) is 0 Å². The van der Waals surface area contributed by atoms with E-state index in [0.29, 0.717) is 55.7 Å². The number of allylic oxidation sites excluding steroid dienone is 5. The number of pyridine rings is 2. The molecule has 1 aliphatic carbocycles. The van der Waals surface area contributed by atoms with Crippen molar-refractivity contribution in [3.8, 4) is 0 Å². The lowest BCUT2D eigenvalue weighted by Crippen LogP contribution is -2.47. The molecule has 2 N–H and O–H groups in total. The van der Waals surface area contributed by atoms with Crippen LogP contribution in [0.25, 0.3) is 16.3 Å². The van der Waals surface area contributed by atoms with Gasteiger partial charge >= 0.3 is 6.18 Å². The zero-order valence-corrected chi connectivity index (χ0v) is 34.9. The van der Waals surface area contributed by atoms with Crippen molar-refractivity contribution in [2.75, 3.05) is 57.1 Å². The molecule has 16 heteroatoms. The summed E-state index contributed by atoms with van der Waals surface area (Å²) in [5.41, 5.74) is 2.02. The molecular formula is C44H51ClF3N7O5. The van der Waals surface area contributed by atoms with Crippen molar-refractivity contribution in [1.82, 2.24) is 24.7 Å². The van der Waals surface area contributed by atoms with E-state index < -0.39 is 29.6 Å². The van der Waals surface area contributed by atoms with Crippen molar-refractivity contribution in [3.05, 3.63) is 92.9 Å². The Labute approximate surface area is 352 Å². The molecule has 1 aromatic carbocycles. The van der Waals surface area contributed by atoms with Crippen molar-refractivity contribution in [2.24, 2.45) is 13.0 Å². The molecule has 2 atom stereocenters. The predicted octanol–water partition coefficient (Wildman–Crippen LogP) is 6.60. The lowest BCUT2D eigenvalue weighted by Gasteiger charge is -2.36. The summed E-state index contributed by atoms with van der Waals surface area (Å²) >= 11 is 7.05. The standard InChI is InChI=1S/C44H51ClF3N7O5/c1-52-26-35(33-10-14-49-24-34(33)43(52)59)28-20-32(60-3)21-29(37(45)22-28)25-54-15-4-5-31(13-16-54)53(2)41(57)19-27-11-17-55(18-12-27)39-8-6-30(23-36(39)44(46,47)48)50-38-7-9-40(56)51-42(38)58/h6,8,10,14,20,22-24,26-27,31,38,50H,4-5,7,9,11-13,15-19,21,25H2,1-3H3,(H,51,56,58). The van der Waals surface area contributed by atoms with Crippen LogP contribution < -0.4 is 21.1 Å². The number of ether oxygens (including phenoxy) is 1. The number of imide groups is 1. The second kappa shape index (κ2) is 18.2. The zero-order chi connectivity index (χ0) is 42.7. The lowest BCUT2D eigenvalue weighted by molar-refractivity contribution is -0.137. The molecule has 5 heterocycles. The monoisotopic (exact) mass is 849 g/mol. The van der Waals surface area contributed by atoms with Crippen LogP contribution in [0.2, 0.25) is 0 Å². The van der Waals surface area contributed by atoms with Crippen LogP contribution in [-0.4, -0.2) is 96.0 Å². The maximum absolute atomic E-state index is 14.3. The number of hydrogen-bond donors (Lipinski definition) is 2. The zero-order valence-electron chi connectivity index (χ0n) is 34.1. The van der Waals surface area contributed by atoms with Crippen LogP contribution >= 0.6 is 11.6 Å². The van der Waals surface area contributed by atoms with Gasteiger partial charge in [-0.05, 0) is 104 Å². The summed E-state index contributed by atoms with van der Waals surface area (Å²) in [7, 11) is 5.23. The SMILES string of the molecule is COC1=CC(c2cn(C)c(=O)c3cnccc23)=CC(Cl)=C(CN2CCCC(N(C)C(=O)CC3CCN(c4ccc(NC5CCC(=O)NC5=O)cc4C(F)(F)F)CC3)CC2)C1. The van der Waals surface area contributed by atoms with Gasteiger partial charge in [-0.1, -0.05) is 11.6 Å². The van der Waals surface area contributed by atoms with Gasteiger partial charge in [-0.2, -0.15) is 13.2 Å². The molecule has 3 amide bonds. The maximum atomic E-state index is 14.3. The van der Waals surface area contributed by atoms with E-state index in [2.05, 4.69) is 20.5 Å². The fourth-order valence-corrected chi connectivity index (χ4v) is 9.09. The van der Waals surface area contributed by atoms with E-state index in [9.17, 15) is 32.3 Å². The Morgan fingerprint density at radius 2 is 1.82 bits per heavy atom. The highest BCUT2D eigenvalue weighted by atomic mass is 35.5. The van der Waals surface area contributed by atoms with E-state index >= 15 is 0 Å². The Balaban J connectivity index is 0.939. The Bertz CT molecular complexity index is 2300. The number of aryl methyl sites for hydroxylation is 1. The van der Waals surface area contributed by atoms with Crippen molar-refractivity contribution in [2.45, 2.75) is 76.0 Å². The number of halogens is 4. The van der Waals surface area contributed by atoms with E-state index in [1.165, 1.54) is 12.1 Å². The first-order chi connectivity index (χ1) is 28.7. The second-order valence-electron chi connectivity index (χ2n) is 16.3. The van der Waals surface area contributed by atoms with Crippen molar-refractivity contribution in [1.29, 1.82) is 0 Å². The average Bonchev–Trinajstić information content (AvgIpc) is 3.56. The number of benzene rings is 1. The van der Waals surface area contributed by atoms with Crippen LogP contribution in [0.4, 0.5) is 24.5 Å². The largest absolute Gasteiger partial charge is 0.501 e. The Morgan fingerprint density at radius 3 is 2.55 bits per heavy atom. The first-order valence-corrected chi connectivity index (χ1v) is 20.9. The molecule has 60 heavy (non-hydrogen) atoms. The van der Waals surface area contributed by atoms with Gasteiger partial charge in [0, 0.05) is 106 Å². The van der Waals surface area contributed by atoms with Crippen LogP contribution in [0, 0.1) is 5.92 Å². The summed E-state index contributed by atoms with van der Waals surface area (Å²) in [6.07, 6.45) is 9.28. The number of amides is 3. The van der Waals surface area contributed by atoms with Gasteiger partial charge in [0.05, 0.1) is 18.1 Å². The number of rotatable bonds is 10. The van der Waals surface area contributed by atoms with Crippen LogP contribution in [0.5, 0.6) is 0 Å². The predicted molar refractivity (Wildman–Crippen MR) is 225 cm³/mol. The van der Waals surface area contributed by atoms with Crippen molar-refractivity contribution >= 4 is 57.0 Å². The molecule has 2 unspecified atom stereocenters. The number of carbonyl (C=O) groups is 3. The summed E-state index contributed by atoms with van der Waals surface area (Å²) in [6, 6.07) is 5.10. The van der Waals surface area contributed by atoms with Crippen molar-refractivity contribution in [3.63, 3.8) is 0 Å². The summed E-state index contributed by atoms with van der Waals surface area (Å²) in [5, 5.41) is 7.00. The first kappa shape index (κ1) is 43.0. The number of methoxy groups -OCH3 is 1. The summed E-state index contributed by atoms with van der Waals surface area (Å²) in [4.78, 5) is 60.3. The highest BCUT2D eigenvalue weighted by molar-refractivity contribution is 6.32. The number of nitrogens with one attached hydrogen (secondary N) is 2. The molecule has 2 aromatic heterocycles. The lowest BCUT2D eigenvalue weighted by atomic mass is 9.91. The number of carbonyl (C=O) groups excluding carboxylic acids is 3. The third kappa shape index (κ3) is 9.73. The minimum absolute atomic E-state index is 0.0514. The normalized spacial score (nSPS) is 21.2. The van der Waals surface area contributed by atoms with E-state index in [1.54, 1.807) is 36.0 Å². The third-order valence-electron chi connectivity index (χ3n) is 12.3. The number of alkyl halides is 3. The molecular weight excluding hydrogens is 799 g/mol. The van der Waals surface area contributed by atoms with Crippen LogP contribution in [0.3, 0.4) is 0 Å². The number of likely N-dealkylation sites (tertiary alicyclic amines) is 1. The Hall–Kier alpha value is -5.15. The molecule has 0 radical (unpaired) electrons. The minimum Gasteiger partial charge on any atom is -0.501 e. The molecule has 0 spiro atoms. The first-order valence-electron chi connectivity index (χ1n) is 20.5. The highest BCUT2D eigenvalue weighted by Gasteiger charge is 2.37. The van der Waals surface area contributed by atoms with Crippen molar-refractivity contribution < 1.29 is 32.3 Å². The van der Waals surface area contributed by atoms with Gasteiger partial charge in [0.2, 0.25) is 17.7 Å². The Kier molecular flexibility index (Phi) is 13.0. The molecule has 0 saturated carbocycles. The molecule has 4 aliphatic rings. The number of aromatic nitrogens is 2. The summed E-state index contributed by atoms with van der Waals surface area (Å²) < 4.78 is 50.3. The van der Waals surface area contributed by atoms with Crippen LogP contribution in [0.1, 0.15) is 68.9 Å². The third-order valence-corrected chi connectivity index (χ3v) is 12.7. The molecule has 3 fully saturated rings. The fraction of sp³-hybridized carbons (Fsp3) is 0.477. The smallest absolute Gasteiger partial charge is 0.418 e. The Morgan fingerprint density at radius 1 is 1.03 bits per heavy atom.